The fourth-order valence-corrected chi connectivity index (χ4v) is 5.50. The van der Waals surface area contributed by atoms with Gasteiger partial charge in [-0.25, -0.2) is 9.97 Å². The maximum Gasteiger partial charge on any atom is 0.229 e. The quantitative estimate of drug-likeness (QED) is 0.267. The highest BCUT2D eigenvalue weighted by atomic mass is 16.5. The van der Waals surface area contributed by atoms with Gasteiger partial charge in [0.2, 0.25) is 17.6 Å². The topological polar surface area (TPSA) is 102 Å². The zero-order valence-corrected chi connectivity index (χ0v) is 22.5. The molecule has 0 aliphatic carbocycles. The molecule has 0 atom stereocenters. The third-order valence-electron chi connectivity index (χ3n) is 7.35. The van der Waals surface area contributed by atoms with Crippen LogP contribution in [0.25, 0.3) is 33.3 Å². The Balaban J connectivity index is 1.42. The molecule has 1 aliphatic heterocycles. The average Bonchev–Trinajstić information content (AvgIpc) is 3.53. The van der Waals surface area contributed by atoms with Gasteiger partial charge in [0.1, 0.15) is 11.6 Å². The smallest absolute Gasteiger partial charge is 0.229 e. The van der Waals surface area contributed by atoms with E-state index < -0.39 is 0 Å². The molecule has 9 nitrogen and oxygen atoms in total. The highest BCUT2D eigenvalue weighted by Crippen LogP contribution is 2.35. The van der Waals surface area contributed by atoms with Gasteiger partial charge >= 0.3 is 0 Å². The molecule has 9 heteroatoms. The molecule has 1 aliphatic rings. The van der Waals surface area contributed by atoms with Crippen LogP contribution in [0.15, 0.2) is 53.1 Å². The molecule has 1 fully saturated rings. The van der Waals surface area contributed by atoms with Crippen LogP contribution in [0.5, 0.6) is 0 Å². The Morgan fingerprint density at radius 3 is 2.59 bits per heavy atom. The number of benzene rings is 2. The second-order valence-corrected chi connectivity index (χ2v) is 10.3. The van der Waals surface area contributed by atoms with Gasteiger partial charge in [-0.1, -0.05) is 54.0 Å². The number of likely N-dealkylation sites (tertiary alicyclic amines) is 1. The van der Waals surface area contributed by atoms with Gasteiger partial charge in [-0.3, -0.25) is 9.36 Å². The first kappa shape index (κ1) is 25.2. The summed E-state index contributed by atoms with van der Waals surface area (Å²) in [6.45, 7) is 7.56. The van der Waals surface area contributed by atoms with Crippen molar-refractivity contribution in [3.05, 3.63) is 65.8 Å². The van der Waals surface area contributed by atoms with Crippen molar-refractivity contribution in [2.24, 2.45) is 0 Å². The van der Waals surface area contributed by atoms with Gasteiger partial charge in [-0.2, -0.15) is 4.98 Å². The molecule has 6 rings (SSSR count). The van der Waals surface area contributed by atoms with Crippen molar-refractivity contribution >= 4 is 33.7 Å². The van der Waals surface area contributed by atoms with Crippen molar-refractivity contribution in [3.8, 4) is 11.4 Å². The summed E-state index contributed by atoms with van der Waals surface area (Å²) in [6.07, 6.45) is 5.52. The molecule has 1 N–H and O–H groups in total. The van der Waals surface area contributed by atoms with Crippen LogP contribution < -0.4 is 5.32 Å². The van der Waals surface area contributed by atoms with Crippen LogP contribution >= 0.6 is 0 Å². The third-order valence-corrected chi connectivity index (χ3v) is 7.35. The number of hydrogen-bond donors (Lipinski definition) is 1. The number of nitrogens with zero attached hydrogens (tertiary/aromatic N) is 6. The van der Waals surface area contributed by atoms with Gasteiger partial charge in [0, 0.05) is 37.8 Å². The Labute approximate surface area is 227 Å². The summed E-state index contributed by atoms with van der Waals surface area (Å²) in [4.78, 5) is 29.9. The zero-order chi connectivity index (χ0) is 26.8. The van der Waals surface area contributed by atoms with Gasteiger partial charge in [-0.05, 0) is 50.5 Å². The summed E-state index contributed by atoms with van der Waals surface area (Å²) in [5, 5.41) is 9.43. The van der Waals surface area contributed by atoms with Gasteiger partial charge in [-0.15, -0.1) is 0 Å². The number of hydrogen-bond acceptors (Lipinski definition) is 8. The average molecular weight is 524 g/mol. The molecule has 0 radical (unpaired) electrons. The summed E-state index contributed by atoms with van der Waals surface area (Å²) < 4.78 is 6.86. The first-order chi connectivity index (χ1) is 19.1. The van der Waals surface area contributed by atoms with Crippen LogP contribution in [0.2, 0.25) is 0 Å². The number of rotatable bonds is 8. The van der Waals surface area contributed by atoms with E-state index in [4.69, 9.17) is 14.5 Å². The van der Waals surface area contributed by atoms with E-state index >= 15 is 0 Å². The van der Waals surface area contributed by atoms with Crippen molar-refractivity contribution < 1.29 is 9.32 Å². The molecule has 39 heavy (non-hydrogen) atoms. The maximum atomic E-state index is 13.0. The standard InChI is InChI=1S/C30H33N7O2/c1-20-32-28(35-39-20)23-12-13-24-25(19-23)37(21(2)38)30-27(24)29(31-14-9-17-36-15-7-4-8-16-36)33-26(34-30)18-22-10-5-3-6-11-22/h3,5-6,10-13,19H,4,7-9,14-18H2,1-2H3,(H,31,33,34). The van der Waals surface area contributed by atoms with Crippen LogP contribution in [0.4, 0.5) is 5.82 Å². The van der Waals surface area contributed by atoms with Crippen molar-refractivity contribution in [3.63, 3.8) is 0 Å². The third kappa shape index (κ3) is 5.27. The molecule has 0 bridgehead atoms. The Hall–Kier alpha value is -4.11. The molecule has 4 heterocycles. The summed E-state index contributed by atoms with van der Waals surface area (Å²) >= 11 is 0. The predicted molar refractivity (Wildman–Crippen MR) is 152 cm³/mol. The van der Waals surface area contributed by atoms with E-state index in [0.717, 1.165) is 52.7 Å². The second kappa shape index (κ2) is 10.9. The van der Waals surface area contributed by atoms with E-state index in [9.17, 15) is 4.79 Å². The number of carbonyl (C=O) groups excluding carboxylic acids is 1. The Morgan fingerprint density at radius 2 is 1.85 bits per heavy atom. The van der Waals surface area contributed by atoms with Crippen molar-refractivity contribution in [2.45, 2.75) is 46.0 Å². The second-order valence-electron chi connectivity index (χ2n) is 10.3. The first-order valence-corrected chi connectivity index (χ1v) is 13.7. The lowest BCUT2D eigenvalue weighted by molar-refractivity contribution is 0.0946. The van der Waals surface area contributed by atoms with E-state index in [-0.39, 0.29) is 5.91 Å². The Kier molecular flexibility index (Phi) is 7.06. The lowest BCUT2D eigenvalue weighted by atomic mass is 10.1. The minimum Gasteiger partial charge on any atom is -0.369 e. The number of nitrogens with one attached hydrogen (secondary N) is 1. The van der Waals surface area contributed by atoms with Crippen LogP contribution in [0.1, 0.15) is 54.7 Å². The van der Waals surface area contributed by atoms with Crippen LogP contribution in [-0.4, -0.2) is 61.7 Å². The van der Waals surface area contributed by atoms with E-state index in [2.05, 4.69) is 32.5 Å². The molecule has 0 saturated carbocycles. The van der Waals surface area contributed by atoms with Crippen molar-refractivity contribution in [2.75, 3.05) is 31.5 Å². The Bertz CT molecular complexity index is 1620. The largest absolute Gasteiger partial charge is 0.369 e. The molecule has 0 amide bonds. The molecule has 200 valence electrons. The number of piperidine rings is 1. The monoisotopic (exact) mass is 523 g/mol. The lowest BCUT2D eigenvalue weighted by Gasteiger charge is -2.26. The summed E-state index contributed by atoms with van der Waals surface area (Å²) in [5.41, 5.74) is 3.25. The molecule has 1 saturated heterocycles. The fraction of sp³-hybridized carbons (Fsp3) is 0.367. The molecular formula is C30H33N7O2. The summed E-state index contributed by atoms with van der Waals surface area (Å²) in [6, 6.07) is 16.0. The maximum absolute atomic E-state index is 13.0. The molecule has 5 aromatic rings. The number of anilines is 1. The van der Waals surface area contributed by atoms with Gasteiger partial charge in [0.15, 0.2) is 5.65 Å². The Morgan fingerprint density at radius 1 is 1.03 bits per heavy atom. The van der Waals surface area contributed by atoms with Crippen LogP contribution in [-0.2, 0) is 6.42 Å². The van der Waals surface area contributed by atoms with E-state index in [1.807, 2.05) is 36.4 Å². The zero-order valence-electron chi connectivity index (χ0n) is 22.5. The number of aryl methyl sites for hydroxylation is 1. The molecule has 0 spiro atoms. The van der Waals surface area contributed by atoms with E-state index in [1.54, 1.807) is 18.4 Å². The number of carbonyl (C=O) groups is 1. The molecule has 2 aromatic carbocycles. The fourth-order valence-electron chi connectivity index (χ4n) is 5.50. The van der Waals surface area contributed by atoms with Gasteiger partial charge in [0.25, 0.3) is 0 Å². The van der Waals surface area contributed by atoms with Crippen LogP contribution in [0.3, 0.4) is 0 Å². The van der Waals surface area contributed by atoms with E-state index in [0.29, 0.717) is 29.6 Å². The first-order valence-electron chi connectivity index (χ1n) is 13.7. The number of aromatic nitrogens is 5. The lowest BCUT2D eigenvalue weighted by Crippen LogP contribution is -2.31. The van der Waals surface area contributed by atoms with E-state index in [1.165, 1.54) is 32.4 Å². The van der Waals surface area contributed by atoms with Gasteiger partial charge < -0.3 is 14.7 Å². The minimum atomic E-state index is -0.114. The highest BCUT2D eigenvalue weighted by Gasteiger charge is 2.22. The highest BCUT2D eigenvalue weighted by molar-refractivity contribution is 6.16. The molecule has 0 unspecified atom stereocenters. The molecule has 3 aromatic heterocycles. The predicted octanol–water partition coefficient (Wildman–Crippen LogP) is 5.48. The molecular weight excluding hydrogens is 490 g/mol. The van der Waals surface area contributed by atoms with Crippen LogP contribution in [0, 0.1) is 6.92 Å². The van der Waals surface area contributed by atoms with Crippen molar-refractivity contribution in [1.29, 1.82) is 0 Å². The van der Waals surface area contributed by atoms with Crippen molar-refractivity contribution in [1.82, 2.24) is 29.6 Å². The summed E-state index contributed by atoms with van der Waals surface area (Å²) in [5.74, 6) is 2.30. The minimum absolute atomic E-state index is 0.114. The normalized spacial score (nSPS) is 14.3. The summed E-state index contributed by atoms with van der Waals surface area (Å²) in [7, 11) is 0. The number of fused-ring (bicyclic) bond motifs is 3. The van der Waals surface area contributed by atoms with Gasteiger partial charge in [0.05, 0.1) is 10.9 Å². The SMILES string of the molecule is CC(=O)n1c2cc(-c3noc(C)n3)ccc2c2c(NCCCN3CCCCC3)nc(Cc3ccccc3)nc21.